The van der Waals surface area contributed by atoms with Crippen molar-refractivity contribution in [3.63, 3.8) is 0 Å². The maximum Gasteiger partial charge on any atom is 0.405 e. The first-order chi connectivity index (χ1) is 12.1. The van der Waals surface area contributed by atoms with Crippen LogP contribution in [-0.2, 0) is 16.0 Å². The van der Waals surface area contributed by atoms with Crippen molar-refractivity contribution in [2.45, 2.75) is 29.0 Å². The molecule has 2 aromatic carbocycles. The third-order valence-electron chi connectivity index (χ3n) is 3.63. The summed E-state index contributed by atoms with van der Waals surface area (Å²) in [5, 5.41) is 11.3. The lowest BCUT2D eigenvalue weighted by Crippen LogP contribution is -2.42. The molecule has 0 spiro atoms. The summed E-state index contributed by atoms with van der Waals surface area (Å²) in [5.74, 6) is -0.575. The zero-order valence-corrected chi connectivity index (χ0v) is 14.7. The Morgan fingerprint density at radius 1 is 1.08 bits per heavy atom. The minimum atomic E-state index is -1.24. The molecule has 2 aromatic rings. The molecule has 0 saturated carbocycles. The van der Waals surface area contributed by atoms with E-state index in [9.17, 15) is 9.59 Å². The molecule has 1 unspecified atom stereocenters. The summed E-state index contributed by atoms with van der Waals surface area (Å²) in [7, 11) is 1.26. The van der Waals surface area contributed by atoms with Gasteiger partial charge in [0.25, 0.3) is 0 Å². The first-order valence-electron chi connectivity index (χ1n) is 7.91. The van der Waals surface area contributed by atoms with Crippen LogP contribution in [0.1, 0.15) is 12.0 Å². The molecule has 25 heavy (non-hydrogen) atoms. The van der Waals surface area contributed by atoms with Crippen LogP contribution in [0, 0.1) is 0 Å². The van der Waals surface area contributed by atoms with E-state index in [0.717, 1.165) is 16.9 Å². The maximum atomic E-state index is 11.9. The fraction of sp³-hybridized carbons (Fsp3) is 0.263. The Morgan fingerprint density at radius 3 is 2.24 bits per heavy atom. The van der Waals surface area contributed by atoms with Crippen LogP contribution in [0.15, 0.2) is 65.6 Å². The molecule has 5 nitrogen and oxygen atoms in total. The fourth-order valence-electron chi connectivity index (χ4n) is 2.51. The largest absolute Gasteiger partial charge is 0.467 e. The lowest BCUT2D eigenvalue weighted by atomic mass is 10.0. The number of carbonyl (C=O) groups is 2. The summed E-state index contributed by atoms with van der Waals surface area (Å²) in [6, 6.07) is 18.9. The van der Waals surface area contributed by atoms with Crippen molar-refractivity contribution in [1.82, 2.24) is 5.32 Å². The molecule has 0 aromatic heterocycles. The molecule has 0 radical (unpaired) electrons. The molecule has 6 heteroatoms. The van der Waals surface area contributed by atoms with E-state index >= 15 is 0 Å². The molecule has 2 N–H and O–H groups in total. The lowest BCUT2D eigenvalue weighted by molar-refractivity contribution is -0.143. The van der Waals surface area contributed by atoms with Gasteiger partial charge in [-0.1, -0.05) is 48.5 Å². The highest BCUT2D eigenvalue weighted by molar-refractivity contribution is 8.00. The number of methoxy groups -OCH3 is 1. The summed E-state index contributed by atoms with van der Waals surface area (Å²) in [5.41, 5.74) is 1.13. The molecule has 132 valence electrons. The number of benzene rings is 2. The summed E-state index contributed by atoms with van der Waals surface area (Å²) in [4.78, 5) is 24.0. The van der Waals surface area contributed by atoms with Gasteiger partial charge in [-0.15, -0.1) is 11.8 Å². The lowest BCUT2D eigenvalue weighted by Gasteiger charge is -2.22. The molecule has 2 rings (SSSR count). The van der Waals surface area contributed by atoms with E-state index in [-0.39, 0.29) is 5.25 Å². The number of rotatable bonds is 8. The molecule has 0 fully saturated rings. The van der Waals surface area contributed by atoms with E-state index in [1.807, 2.05) is 60.7 Å². The van der Waals surface area contributed by atoms with Gasteiger partial charge in [0.1, 0.15) is 6.04 Å². The number of esters is 1. The van der Waals surface area contributed by atoms with Crippen molar-refractivity contribution in [3.8, 4) is 0 Å². The summed E-state index contributed by atoms with van der Waals surface area (Å²) in [6.07, 6.45) is -0.179. The van der Waals surface area contributed by atoms with Crippen LogP contribution in [0.2, 0.25) is 0 Å². The van der Waals surface area contributed by atoms with Gasteiger partial charge in [0, 0.05) is 10.1 Å². The van der Waals surface area contributed by atoms with Crippen molar-refractivity contribution < 1.29 is 19.4 Å². The van der Waals surface area contributed by atoms with Crippen molar-refractivity contribution in [1.29, 1.82) is 0 Å². The van der Waals surface area contributed by atoms with E-state index in [1.165, 1.54) is 7.11 Å². The first-order valence-corrected chi connectivity index (χ1v) is 8.79. The number of hydrogen-bond donors (Lipinski definition) is 2. The molecular weight excluding hydrogens is 338 g/mol. The van der Waals surface area contributed by atoms with Gasteiger partial charge in [0.15, 0.2) is 0 Å². The summed E-state index contributed by atoms with van der Waals surface area (Å²) < 4.78 is 4.74. The maximum absolute atomic E-state index is 11.9. The number of carbonyl (C=O) groups excluding carboxylic acids is 1. The SMILES string of the molecule is COC(=O)C(C[C@@H](Cc1ccccc1)Sc1ccccc1)NC(=O)O. The van der Waals surface area contributed by atoms with E-state index in [1.54, 1.807) is 11.8 Å². The number of thioether (sulfide) groups is 1. The number of hydrogen-bond acceptors (Lipinski definition) is 4. The highest BCUT2D eigenvalue weighted by Crippen LogP contribution is 2.29. The molecule has 0 aliphatic heterocycles. The molecule has 0 bridgehead atoms. The quantitative estimate of drug-likeness (QED) is 0.556. The van der Waals surface area contributed by atoms with E-state index in [0.29, 0.717) is 6.42 Å². The van der Waals surface area contributed by atoms with Crippen molar-refractivity contribution >= 4 is 23.8 Å². The monoisotopic (exact) mass is 359 g/mol. The molecule has 0 aliphatic rings. The van der Waals surface area contributed by atoms with Crippen molar-refractivity contribution in [3.05, 3.63) is 66.2 Å². The smallest absolute Gasteiger partial charge is 0.405 e. The Hall–Kier alpha value is -2.47. The van der Waals surface area contributed by atoms with Crippen LogP contribution in [0.25, 0.3) is 0 Å². The Morgan fingerprint density at radius 2 is 1.68 bits per heavy atom. The fourth-order valence-corrected chi connectivity index (χ4v) is 3.77. The van der Waals surface area contributed by atoms with Gasteiger partial charge in [-0.25, -0.2) is 9.59 Å². The minimum absolute atomic E-state index is 0.0146. The zero-order valence-electron chi connectivity index (χ0n) is 13.9. The topological polar surface area (TPSA) is 75.6 Å². The standard InChI is InChI=1S/C19H21NO4S/c1-24-18(21)17(20-19(22)23)13-16(12-14-8-4-2-5-9-14)25-15-10-6-3-7-11-15/h2-11,16-17,20H,12-13H2,1H3,(H,22,23)/t16-,17?/m1/s1. The van der Waals surface area contributed by atoms with Crippen LogP contribution >= 0.6 is 11.8 Å². The Balaban J connectivity index is 2.16. The van der Waals surface area contributed by atoms with Crippen LogP contribution in [-0.4, -0.2) is 35.6 Å². The van der Waals surface area contributed by atoms with Gasteiger partial charge in [0.05, 0.1) is 7.11 Å². The first kappa shape index (κ1) is 18.9. The molecule has 0 heterocycles. The Kier molecular flexibility index (Phi) is 7.35. The Labute approximate surface area is 151 Å². The molecule has 2 atom stereocenters. The molecular formula is C19H21NO4S. The van der Waals surface area contributed by atoms with Gasteiger partial charge in [-0.05, 0) is 30.5 Å². The van der Waals surface area contributed by atoms with E-state index in [4.69, 9.17) is 9.84 Å². The molecule has 1 amide bonds. The van der Waals surface area contributed by atoms with Crippen LogP contribution in [0.3, 0.4) is 0 Å². The second kappa shape index (κ2) is 9.74. The number of amides is 1. The van der Waals surface area contributed by atoms with Crippen LogP contribution < -0.4 is 5.32 Å². The predicted octanol–water partition coefficient (Wildman–Crippen LogP) is 3.59. The summed E-state index contributed by atoms with van der Waals surface area (Å²) >= 11 is 1.63. The van der Waals surface area contributed by atoms with Gasteiger partial charge in [-0.3, -0.25) is 0 Å². The van der Waals surface area contributed by atoms with E-state index < -0.39 is 18.1 Å². The molecule has 0 saturated heterocycles. The Bertz CT molecular complexity index is 637. The van der Waals surface area contributed by atoms with Crippen LogP contribution in [0.5, 0.6) is 0 Å². The predicted molar refractivity (Wildman–Crippen MR) is 97.8 cm³/mol. The van der Waals surface area contributed by atoms with E-state index in [2.05, 4.69) is 5.32 Å². The highest BCUT2D eigenvalue weighted by atomic mass is 32.2. The minimum Gasteiger partial charge on any atom is -0.467 e. The van der Waals surface area contributed by atoms with Gasteiger partial charge < -0.3 is 15.2 Å². The van der Waals surface area contributed by atoms with Crippen molar-refractivity contribution in [2.24, 2.45) is 0 Å². The second-order valence-corrected chi connectivity index (χ2v) is 6.88. The zero-order chi connectivity index (χ0) is 18.1. The summed E-state index contributed by atoms with van der Waals surface area (Å²) in [6.45, 7) is 0. The van der Waals surface area contributed by atoms with Gasteiger partial charge >= 0.3 is 12.1 Å². The highest BCUT2D eigenvalue weighted by Gasteiger charge is 2.26. The third kappa shape index (κ3) is 6.51. The molecule has 0 aliphatic carbocycles. The number of ether oxygens (including phenoxy) is 1. The number of nitrogens with one attached hydrogen (secondary N) is 1. The third-order valence-corrected chi connectivity index (χ3v) is 4.87. The van der Waals surface area contributed by atoms with Gasteiger partial charge in [0.2, 0.25) is 0 Å². The average Bonchev–Trinajstić information content (AvgIpc) is 2.61. The van der Waals surface area contributed by atoms with Crippen LogP contribution in [0.4, 0.5) is 4.79 Å². The average molecular weight is 359 g/mol. The second-order valence-electron chi connectivity index (χ2n) is 5.50. The van der Waals surface area contributed by atoms with Gasteiger partial charge in [-0.2, -0.15) is 0 Å². The van der Waals surface area contributed by atoms with Crippen molar-refractivity contribution in [2.75, 3.05) is 7.11 Å². The normalized spacial score (nSPS) is 12.8. The number of carboxylic acid groups (broad SMARTS) is 1.